The van der Waals surface area contributed by atoms with Crippen LogP contribution >= 0.6 is 15.9 Å². The third-order valence-corrected chi connectivity index (χ3v) is 5.41. The first-order valence-electron chi connectivity index (χ1n) is 9.68. The molecule has 1 aromatic heterocycles. The summed E-state index contributed by atoms with van der Waals surface area (Å²) >= 11 is 3.44. The summed E-state index contributed by atoms with van der Waals surface area (Å²) < 4.78 is 11.6. The summed E-state index contributed by atoms with van der Waals surface area (Å²) in [5, 5.41) is 4.04. The van der Waals surface area contributed by atoms with Gasteiger partial charge in [-0.25, -0.2) is 4.79 Å². The van der Waals surface area contributed by atoms with Crippen molar-refractivity contribution in [1.82, 2.24) is 5.16 Å². The molecular weight excluding hydrogens is 430 g/mol. The first kappa shape index (κ1) is 19.5. The maximum atomic E-state index is 12.3. The van der Waals surface area contributed by atoms with E-state index in [0.717, 1.165) is 15.6 Å². The first-order valence-corrected chi connectivity index (χ1v) is 10.5. The van der Waals surface area contributed by atoms with Crippen molar-refractivity contribution in [3.05, 3.63) is 76.0 Å². The quantitative estimate of drug-likeness (QED) is 0.361. The SMILES string of the molecule is O=C(OCc1cc(-c2cccc(Br)c2)no1)c1ccc(C#CC2CCCC2)cc1. The van der Waals surface area contributed by atoms with Crippen LogP contribution in [0.1, 0.15) is 47.4 Å². The lowest BCUT2D eigenvalue weighted by Crippen LogP contribution is -2.04. The number of hydrogen-bond donors (Lipinski definition) is 0. The van der Waals surface area contributed by atoms with Gasteiger partial charge in [-0.05, 0) is 49.2 Å². The van der Waals surface area contributed by atoms with E-state index in [-0.39, 0.29) is 6.61 Å². The molecule has 0 spiro atoms. The third kappa shape index (κ3) is 5.16. The maximum Gasteiger partial charge on any atom is 0.338 e. The summed E-state index contributed by atoms with van der Waals surface area (Å²) in [6.45, 7) is 0.0308. The number of carbonyl (C=O) groups excluding carboxylic acids is 1. The number of nitrogens with zero attached hydrogens (tertiary/aromatic N) is 1. The highest BCUT2D eigenvalue weighted by molar-refractivity contribution is 9.10. The molecule has 0 saturated heterocycles. The molecule has 4 nitrogen and oxygen atoms in total. The largest absolute Gasteiger partial charge is 0.454 e. The van der Waals surface area contributed by atoms with E-state index in [1.807, 2.05) is 36.4 Å². The summed E-state index contributed by atoms with van der Waals surface area (Å²) in [6, 6.07) is 16.7. The van der Waals surface area contributed by atoms with Crippen molar-refractivity contribution in [2.45, 2.75) is 32.3 Å². The van der Waals surface area contributed by atoms with Crippen LogP contribution in [-0.2, 0) is 11.3 Å². The van der Waals surface area contributed by atoms with Gasteiger partial charge in [0.05, 0.1) is 5.56 Å². The Labute approximate surface area is 178 Å². The van der Waals surface area contributed by atoms with Gasteiger partial charge in [-0.2, -0.15) is 0 Å². The molecule has 1 aliphatic carbocycles. The van der Waals surface area contributed by atoms with Gasteiger partial charge in [-0.3, -0.25) is 0 Å². The van der Waals surface area contributed by atoms with Gasteiger partial charge in [0.25, 0.3) is 0 Å². The summed E-state index contributed by atoms with van der Waals surface area (Å²) in [4.78, 5) is 12.3. The Morgan fingerprint density at radius 3 is 2.69 bits per heavy atom. The molecule has 3 aromatic rings. The molecule has 5 heteroatoms. The predicted molar refractivity (Wildman–Crippen MR) is 114 cm³/mol. The highest BCUT2D eigenvalue weighted by Crippen LogP contribution is 2.24. The topological polar surface area (TPSA) is 52.3 Å². The molecule has 0 N–H and O–H groups in total. The molecule has 146 valence electrons. The van der Waals surface area contributed by atoms with Gasteiger partial charge in [0.15, 0.2) is 12.4 Å². The molecule has 0 bridgehead atoms. The summed E-state index contributed by atoms with van der Waals surface area (Å²) in [6.07, 6.45) is 4.95. The van der Waals surface area contributed by atoms with Crippen LogP contribution in [0, 0.1) is 17.8 Å². The molecule has 2 aromatic carbocycles. The van der Waals surface area contributed by atoms with Crippen molar-refractivity contribution >= 4 is 21.9 Å². The lowest BCUT2D eigenvalue weighted by molar-refractivity contribution is 0.0437. The van der Waals surface area contributed by atoms with Gasteiger partial charge in [-0.15, -0.1) is 0 Å². The van der Waals surface area contributed by atoms with E-state index in [0.29, 0.717) is 22.9 Å². The molecule has 0 amide bonds. The molecule has 1 fully saturated rings. The Hall–Kier alpha value is -2.84. The van der Waals surface area contributed by atoms with E-state index in [1.165, 1.54) is 25.7 Å². The van der Waals surface area contributed by atoms with Crippen molar-refractivity contribution < 1.29 is 14.1 Å². The maximum absolute atomic E-state index is 12.3. The fourth-order valence-corrected chi connectivity index (χ4v) is 3.73. The van der Waals surface area contributed by atoms with Crippen LogP contribution in [0.3, 0.4) is 0 Å². The van der Waals surface area contributed by atoms with Gasteiger partial charge >= 0.3 is 5.97 Å². The Balaban J connectivity index is 1.34. The normalized spacial score (nSPS) is 13.7. The number of rotatable bonds is 4. The number of aromatic nitrogens is 1. The molecule has 1 aliphatic rings. The summed E-state index contributed by atoms with van der Waals surface area (Å²) in [5.41, 5.74) is 3.03. The number of hydrogen-bond acceptors (Lipinski definition) is 4. The van der Waals surface area contributed by atoms with Crippen LogP contribution in [0.25, 0.3) is 11.3 Å². The minimum atomic E-state index is -0.402. The standard InChI is InChI=1S/C24H20BrNO3/c25-21-7-3-6-20(14-21)23-15-22(29-26-23)16-28-24(27)19-12-10-18(11-13-19)9-8-17-4-1-2-5-17/h3,6-7,10-15,17H,1-2,4-5,16H2. The molecule has 1 saturated carbocycles. The number of benzene rings is 2. The van der Waals surface area contributed by atoms with E-state index in [9.17, 15) is 4.79 Å². The zero-order chi connectivity index (χ0) is 20.1. The second kappa shape index (κ2) is 9.11. The molecule has 29 heavy (non-hydrogen) atoms. The van der Waals surface area contributed by atoms with Gasteiger partial charge in [-0.1, -0.05) is 57.9 Å². The minimum Gasteiger partial charge on any atom is -0.454 e. The van der Waals surface area contributed by atoms with Gasteiger partial charge in [0.1, 0.15) is 5.69 Å². The number of halogens is 1. The Morgan fingerprint density at radius 2 is 1.93 bits per heavy atom. The smallest absolute Gasteiger partial charge is 0.338 e. The number of carbonyl (C=O) groups is 1. The van der Waals surface area contributed by atoms with Gasteiger partial charge in [0, 0.05) is 27.6 Å². The zero-order valence-corrected chi connectivity index (χ0v) is 17.4. The second-order valence-corrected chi connectivity index (χ2v) is 8.01. The van der Waals surface area contributed by atoms with Crippen LogP contribution in [0.5, 0.6) is 0 Å². The average Bonchev–Trinajstić information content (AvgIpc) is 3.43. The second-order valence-electron chi connectivity index (χ2n) is 7.09. The predicted octanol–water partition coefficient (Wildman–Crippen LogP) is 6.00. The molecular formula is C24H20BrNO3. The average molecular weight is 450 g/mol. The third-order valence-electron chi connectivity index (χ3n) is 4.92. The van der Waals surface area contributed by atoms with E-state index in [2.05, 4.69) is 32.9 Å². The summed E-state index contributed by atoms with van der Waals surface area (Å²) in [7, 11) is 0. The lowest BCUT2D eigenvalue weighted by atomic mass is 10.1. The first-order chi connectivity index (χ1) is 14.2. The summed E-state index contributed by atoms with van der Waals surface area (Å²) in [5.74, 6) is 7.14. The number of ether oxygens (including phenoxy) is 1. The van der Waals surface area contributed by atoms with Crippen molar-refractivity contribution in [3.63, 3.8) is 0 Å². The number of esters is 1. The van der Waals surface area contributed by atoms with Crippen molar-refractivity contribution in [1.29, 1.82) is 0 Å². The van der Waals surface area contributed by atoms with E-state index < -0.39 is 5.97 Å². The minimum absolute atomic E-state index is 0.0308. The van der Waals surface area contributed by atoms with E-state index in [1.54, 1.807) is 18.2 Å². The fourth-order valence-electron chi connectivity index (χ4n) is 3.33. The Kier molecular flexibility index (Phi) is 6.12. The lowest BCUT2D eigenvalue weighted by Gasteiger charge is -2.02. The van der Waals surface area contributed by atoms with Crippen LogP contribution in [-0.4, -0.2) is 11.1 Å². The van der Waals surface area contributed by atoms with Crippen LogP contribution in [0.2, 0.25) is 0 Å². The molecule has 1 heterocycles. The molecule has 4 rings (SSSR count). The van der Waals surface area contributed by atoms with Crippen LogP contribution in [0.4, 0.5) is 0 Å². The van der Waals surface area contributed by atoms with Gasteiger partial charge in [0.2, 0.25) is 0 Å². The van der Waals surface area contributed by atoms with Gasteiger partial charge < -0.3 is 9.26 Å². The van der Waals surface area contributed by atoms with Crippen molar-refractivity contribution in [3.8, 4) is 23.1 Å². The highest BCUT2D eigenvalue weighted by atomic mass is 79.9. The van der Waals surface area contributed by atoms with Crippen molar-refractivity contribution in [2.75, 3.05) is 0 Å². The Morgan fingerprint density at radius 1 is 1.14 bits per heavy atom. The fraction of sp³-hybridized carbons (Fsp3) is 0.250. The van der Waals surface area contributed by atoms with E-state index >= 15 is 0 Å². The molecule has 0 atom stereocenters. The van der Waals surface area contributed by atoms with E-state index in [4.69, 9.17) is 9.26 Å². The zero-order valence-electron chi connectivity index (χ0n) is 15.9. The van der Waals surface area contributed by atoms with Crippen molar-refractivity contribution in [2.24, 2.45) is 5.92 Å². The molecule has 0 radical (unpaired) electrons. The van der Waals surface area contributed by atoms with Crippen LogP contribution < -0.4 is 0 Å². The monoisotopic (exact) mass is 449 g/mol. The highest BCUT2D eigenvalue weighted by Gasteiger charge is 2.13. The molecule has 0 unspecified atom stereocenters. The Bertz CT molecular complexity index is 1050. The van der Waals surface area contributed by atoms with Crippen LogP contribution in [0.15, 0.2) is 63.6 Å². The molecule has 0 aliphatic heterocycles.